The number of pyridine rings is 1. The van der Waals surface area contributed by atoms with Gasteiger partial charge in [-0.25, -0.2) is 4.98 Å². The summed E-state index contributed by atoms with van der Waals surface area (Å²) in [6.45, 7) is 0. The maximum atomic E-state index is 6.10. The second kappa shape index (κ2) is 8.97. The molecule has 0 aliphatic heterocycles. The molecule has 146 valence electrons. The van der Waals surface area contributed by atoms with Gasteiger partial charge in [0.05, 0.1) is 5.56 Å². The van der Waals surface area contributed by atoms with Gasteiger partial charge < -0.3 is 9.84 Å². The Morgan fingerprint density at radius 3 is 2.68 bits per heavy atom. The number of nitrogens with one attached hydrogen (secondary N) is 1. The normalized spacial score (nSPS) is 16.1. The average Bonchev–Trinajstić information content (AvgIpc) is 3.23. The Kier molecular flexibility index (Phi) is 6.17. The molecule has 2 aromatic heterocycles. The van der Waals surface area contributed by atoms with Crippen LogP contribution in [0.25, 0.3) is 11.4 Å². The quantitative estimate of drug-likeness (QED) is 0.535. The van der Waals surface area contributed by atoms with Gasteiger partial charge in [0.2, 0.25) is 11.7 Å². The molecule has 0 spiro atoms. The molecule has 1 atom stereocenters. The fourth-order valence-corrected chi connectivity index (χ4v) is 5.19. The second-order valence-corrected chi connectivity index (χ2v) is 8.78. The molecule has 0 saturated heterocycles. The van der Waals surface area contributed by atoms with Crippen molar-refractivity contribution in [1.82, 2.24) is 15.1 Å². The molecule has 7 heteroatoms. The zero-order valence-electron chi connectivity index (χ0n) is 15.8. The van der Waals surface area contributed by atoms with E-state index in [0.29, 0.717) is 17.0 Å². The summed E-state index contributed by atoms with van der Waals surface area (Å²) < 4.78 is 5.74. The molecule has 28 heavy (non-hydrogen) atoms. The third-order valence-electron chi connectivity index (χ3n) is 5.00. The molecule has 2 heterocycles. The number of nitrogens with zero attached hydrogens (tertiary/aromatic N) is 3. The Balaban J connectivity index is 1.66. The lowest BCUT2D eigenvalue weighted by molar-refractivity contribution is 0.383. The number of thioether (sulfide) groups is 1. The van der Waals surface area contributed by atoms with Gasteiger partial charge in [-0.15, -0.1) is 11.8 Å². The molecule has 0 amide bonds. The minimum absolute atomic E-state index is 0.00340. The van der Waals surface area contributed by atoms with Crippen molar-refractivity contribution in [3.05, 3.63) is 59.1 Å². The monoisotopic (exact) mass is 414 g/mol. The van der Waals surface area contributed by atoms with Crippen molar-refractivity contribution in [2.45, 2.75) is 42.6 Å². The maximum Gasteiger partial charge on any atom is 0.244 e. The molecule has 1 unspecified atom stereocenters. The van der Waals surface area contributed by atoms with Crippen LogP contribution in [0.15, 0.2) is 47.1 Å². The van der Waals surface area contributed by atoms with E-state index in [4.69, 9.17) is 21.1 Å². The fourth-order valence-electron chi connectivity index (χ4n) is 3.55. The number of rotatable bonds is 6. The largest absolute Gasteiger partial charge is 0.373 e. The molecule has 1 aliphatic rings. The van der Waals surface area contributed by atoms with E-state index in [1.807, 2.05) is 43.1 Å². The third-order valence-corrected chi connectivity index (χ3v) is 6.86. The molecule has 4 rings (SSSR count). The average molecular weight is 415 g/mol. The van der Waals surface area contributed by atoms with Crippen LogP contribution in [0.2, 0.25) is 5.02 Å². The van der Waals surface area contributed by atoms with E-state index in [2.05, 4.69) is 27.6 Å². The number of halogens is 1. The summed E-state index contributed by atoms with van der Waals surface area (Å²) in [6, 6.07) is 11.8. The molecular formula is C21H23ClN4OS. The molecular weight excluding hydrogens is 392 g/mol. The highest BCUT2D eigenvalue weighted by Gasteiger charge is 2.27. The van der Waals surface area contributed by atoms with Crippen molar-refractivity contribution in [3.63, 3.8) is 0 Å². The first-order valence-electron chi connectivity index (χ1n) is 9.62. The Morgan fingerprint density at radius 2 is 1.93 bits per heavy atom. The van der Waals surface area contributed by atoms with E-state index >= 15 is 0 Å². The highest BCUT2D eigenvalue weighted by Crippen LogP contribution is 2.42. The lowest BCUT2D eigenvalue weighted by Gasteiger charge is -2.24. The molecule has 0 radical (unpaired) electrons. The van der Waals surface area contributed by atoms with Gasteiger partial charge in [0.25, 0.3) is 0 Å². The third kappa shape index (κ3) is 4.33. The van der Waals surface area contributed by atoms with Crippen molar-refractivity contribution in [2.75, 3.05) is 12.4 Å². The summed E-state index contributed by atoms with van der Waals surface area (Å²) in [5, 5.41) is 8.66. The first kappa shape index (κ1) is 19.3. The first-order valence-corrected chi connectivity index (χ1v) is 10.9. The van der Waals surface area contributed by atoms with Gasteiger partial charge in [-0.3, -0.25) is 0 Å². The molecule has 1 fully saturated rings. The van der Waals surface area contributed by atoms with Crippen LogP contribution in [0.5, 0.6) is 0 Å². The van der Waals surface area contributed by atoms with Crippen molar-refractivity contribution < 1.29 is 4.52 Å². The Labute approximate surface area is 174 Å². The second-order valence-electron chi connectivity index (χ2n) is 6.93. The van der Waals surface area contributed by atoms with Crippen molar-refractivity contribution in [2.24, 2.45) is 0 Å². The van der Waals surface area contributed by atoms with Crippen molar-refractivity contribution >= 4 is 29.2 Å². The SMILES string of the molecule is CNc1ncccc1-c1noc(C(SC2CCCCC2)c2ccc(Cl)cc2)n1. The van der Waals surface area contributed by atoms with E-state index in [0.717, 1.165) is 22.0 Å². The Bertz CT molecular complexity index is 909. The van der Waals surface area contributed by atoms with Crippen molar-refractivity contribution in [1.29, 1.82) is 0 Å². The first-order chi connectivity index (χ1) is 13.7. The molecule has 1 aromatic carbocycles. The standard InChI is InChI=1S/C21H23ClN4OS/c1-23-19-17(8-5-13-24-19)20-25-21(27-26-20)18(14-9-11-15(22)12-10-14)28-16-6-3-2-4-7-16/h5,8-13,16,18H,2-4,6-7H2,1H3,(H,23,24). The van der Waals surface area contributed by atoms with E-state index in [1.165, 1.54) is 32.1 Å². The summed E-state index contributed by atoms with van der Waals surface area (Å²) in [6.07, 6.45) is 8.14. The fraction of sp³-hybridized carbons (Fsp3) is 0.381. The number of anilines is 1. The molecule has 1 aliphatic carbocycles. The predicted octanol–water partition coefficient (Wildman–Crippen LogP) is 5.98. The van der Waals surface area contributed by atoms with Gasteiger partial charge in [-0.2, -0.15) is 4.98 Å². The molecule has 0 bridgehead atoms. The summed E-state index contributed by atoms with van der Waals surface area (Å²) >= 11 is 8.03. The van der Waals surface area contributed by atoms with Crippen LogP contribution in [-0.2, 0) is 0 Å². The molecule has 1 saturated carbocycles. The molecule has 3 aromatic rings. The highest BCUT2D eigenvalue weighted by atomic mass is 35.5. The van der Waals surface area contributed by atoms with Gasteiger partial charge >= 0.3 is 0 Å². The van der Waals surface area contributed by atoms with Gasteiger partial charge in [0, 0.05) is 23.5 Å². The zero-order valence-corrected chi connectivity index (χ0v) is 17.3. The van der Waals surface area contributed by atoms with Gasteiger partial charge in [0.1, 0.15) is 11.1 Å². The van der Waals surface area contributed by atoms with E-state index in [-0.39, 0.29) is 5.25 Å². The molecule has 1 N–H and O–H groups in total. The maximum absolute atomic E-state index is 6.10. The minimum atomic E-state index is -0.00340. The van der Waals surface area contributed by atoms with Gasteiger partial charge in [-0.1, -0.05) is 48.2 Å². The van der Waals surface area contributed by atoms with Crippen LogP contribution in [0.4, 0.5) is 5.82 Å². The highest BCUT2D eigenvalue weighted by molar-refractivity contribution is 8.00. The van der Waals surface area contributed by atoms with Crippen LogP contribution in [-0.4, -0.2) is 27.4 Å². The zero-order chi connectivity index (χ0) is 19.3. The molecule has 5 nitrogen and oxygen atoms in total. The van der Waals surface area contributed by atoms with E-state index < -0.39 is 0 Å². The van der Waals surface area contributed by atoms with Crippen LogP contribution < -0.4 is 5.32 Å². The number of hydrogen-bond acceptors (Lipinski definition) is 6. The van der Waals surface area contributed by atoms with Crippen LogP contribution in [0, 0.1) is 0 Å². The lowest BCUT2D eigenvalue weighted by atomic mass is 10.0. The Morgan fingerprint density at radius 1 is 1.14 bits per heavy atom. The van der Waals surface area contributed by atoms with Crippen molar-refractivity contribution in [3.8, 4) is 11.4 Å². The van der Waals surface area contributed by atoms with E-state index in [9.17, 15) is 0 Å². The summed E-state index contributed by atoms with van der Waals surface area (Å²) in [5.41, 5.74) is 1.97. The van der Waals surface area contributed by atoms with E-state index in [1.54, 1.807) is 6.20 Å². The van der Waals surface area contributed by atoms with Crippen LogP contribution in [0.3, 0.4) is 0 Å². The van der Waals surface area contributed by atoms with Crippen LogP contribution in [0.1, 0.15) is 48.8 Å². The topological polar surface area (TPSA) is 63.8 Å². The number of hydrogen-bond donors (Lipinski definition) is 1. The van der Waals surface area contributed by atoms with Crippen LogP contribution >= 0.6 is 23.4 Å². The lowest BCUT2D eigenvalue weighted by Crippen LogP contribution is -2.11. The predicted molar refractivity (Wildman–Crippen MR) is 115 cm³/mol. The number of aromatic nitrogens is 3. The summed E-state index contributed by atoms with van der Waals surface area (Å²) in [5.74, 6) is 1.91. The Hall–Kier alpha value is -2.05. The van der Waals surface area contributed by atoms with Gasteiger partial charge in [-0.05, 0) is 42.7 Å². The summed E-state index contributed by atoms with van der Waals surface area (Å²) in [7, 11) is 1.84. The number of benzene rings is 1. The van der Waals surface area contributed by atoms with Gasteiger partial charge in [0.15, 0.2) is 0 Å². The minimum Gasteiger partial charge on any atom is -0.373 e. The smallest absolute Gasteiger partial charge is 0.244 e. The summed E-state index contributed by atoms with van der Waals surface area (Å²) in [4.78, 5) is 9.08.